The lowest BCUT2D eigenvalue weighted by molar-refractivity contribution is -0.135. The first-order chi connectivity index (χ1) is 15.0. The Morgan fingerprint density at radius 2 is 1.65 bits per heavy atom. The number of amides is 1. The lowest BCUT2D eigenvalue weighted by Crippen LogP contribution is -2.31. The molecule has 3 aromatic rings. The molecule has 156 valence electrons. The number of anilines is 1. The van der Waals surface area contributed by atoms with Gasteiger partial charge in [0.2, 0.25) is 5.78 Å². The smallest absolute Gasteiger partial charge is 0.297 e. The van der Waals surface area contributed by atoms with E-state index < -0.39 is 29.4 Å². The molecule has 1 fully saturated rings. The molecule has 31 heavy (non-hydrogen) atoms. The molecule has 4 rings (SSSR count). The summed E-state index contributed by atoms with van der Waals surface area (Å²) in [7, 11) is 3.05. The van der Waals surface area contributed by atoms with Crippen LogP contribution < -0.4 is 14.4 Å². The van der Waals surface area contributed by atoms with Crippen LogP contribution in [0, 0.1) is 5.92 Å². The summed E-state index contributed by atoms with van der Waals surface area (Å²) >= 11 is 0. The summed E-state index contributed by atoms with van der Waals surface area (Å²) in [5.41, 5.74) is 0.929. The maximum atomic E-state index is 13.5. The van der Waals surface area contributed by atoms with Crippen molar-refractivity contribution >= 4 is 23.3 Å². The van der Waals surface area contributed by atoms with Crippen LogP contribution in [0.2, 0.25) is 0 Å². The molecule has 7 heteroatoms. The molecule has 0 bridgehead atoms. The number of ketones is 2. The molecule has 0 saturated carbocycles. The van der Waals surface area contributed by atoms with Crippen LogP contribution >= 0.6 is 0 Å². The van der Waals surface area contributed by atoms with Gasteiger partial charge >= 0.3 is 0 Å². The Kier molecular flexibility index (Phi) is 5.49. The van der Waals surface area contributed by atoms with E-state index in [1.165, 1.54) is 18.2 Å². The van der Waals surface area contributed by atoms with Gasteiger partial charge in [-0.1, -0.05) is 30.3 Å². The first-order valence-electron chi connectivity index (χ1n) is 9.66. The molecule has 2 aromatic carbocycles. The van der Waals surface area contributed by atoms with E-state index >= 15 is 0 Å². The van der Waals surface area contributed by atoms with Crippen LogP contribution in [-0.4, -0.2) is 36.7 Å². The van der Waals surface area contributed by atoms with Gasteiger partial charge in [0.15, 0.2) is 5.78 Å². The SMILES string of the molecule is COc1ccc(C2C(C(=O)c3cccc(OC)c3)C(=O)C(=O)N2c2ccccn2)cc1. The minimum Gasteiger partial charge on any atom is -0.497 e. The average Bonchev–Trinajstić information content (AvgIpc) is 3.09. The van der Waals surface area contributed by atoms with Gasteiger partial charge in [-0.3, -0.25) is 19.3 Å². The number of carbonyl (C=O) groups excluding carboxylic acids is 3. The highest BCUT2D eigenvalue weighted by molar-refractivity contribution is 6.48. The van der Waals surface area contributed by atoms with Crippen LogP contribution in [0.15, 0.2) is 72.9 Å². The van der Waals surface area contributed by atoms with Crippen molar-refractivity contribution in [3.05, 3.63) is 84.1 Å². The van der Waals surface area contributed by atoms with E-state index in [0.717, 1.165) is 0 Å². The summed E-state index contributed by atoms with van der Waals surface area (Å²) in [5.74, 6) is -1.76. The number of benzene rings is 2. The molecule has 2 unspecified atom stereocenters. The minimum absolute atomic E-state index is 0.298. The number of hydrogen-bond donors (Lipinski definition) is 0. The molecule has 1 amide bonds. The van der Waals surface area contributed by atoms with E-state index in [1.807, 2.05) is 0 Å². The highest BCUT2D eigenvalue weighted by atomic mass is 16.5. The largest absolute Gasteiger partial charge is 0.497 e. The van der Waals surface area contributed by atoms with Crippen molar-refractivity contribution in [1.82, 2.24) is 4.98 Å². The van der Waals surface area contributed by atoms with E-state index in [4.69, 9.17) is 9.47 Å². The highest BCUT2D eigenvalue weighted by Crippen LogP contribution is 2.41. The van der Waals surface area contributed by atoms with Crippen molar-refractivity contribution < 1.29 is 23.9 Å². The fourth-order valence-corrected chi connectivity index (χ4v) is 3.77. The van der Waals surface area contributed by atoms with Crippen LogP contribution in [-0.2, 0) is 9.59 Å². The van der Waals surface area contributed by atoms with Crippen molar-refractivity contribution in [2.24, 2.45) is 5.92 Å². The molecule has 0 radical (unpaired) electrons. The summed E-state index contributed by atoms with van der Waals surface area (Å²) in [6.45, 7) is 0. The van der Waals surface area contributed by atoms with Gasteiger partial charge in [0.05, 0.1) is 20.3 Å². The van der Waals surface area contributed by atoms with Gasteiger partial charge in [-0.2, -0.15) is 0 Å². The van der Waals surface area contributed by atoms with E-state index in [-0.39, 0.29) is 0 Å². The third-order valence-corrected chi connectivity index (χ3v) is 5.30. The predicted molar refractivity (Wildman–Crippen MR) is 113 cm³/mol. The maximum Gasteiger partial charge on any atom is 0.297 e. The molecule has 7 nitrogen and oxygen atoms in total. The predicted octanol–water partition coefficient (Wildman–Crippen LogP) is 3.25. The molecular formula is C24H20N2O5. The Balaban J connectivity index is 1.83. The van der Waals surface area contributed by atoms with Crippen LogP contribution in [0.3, 0.4) is 0 Å². The van der Waals surface area contributed by atoms with Crippen LogP contribution in [0.25, 0.3) is 0 Å². The van der Waals surface area contributed by atoms with E-state index in [1.54, 1.807) is 73.8 Å². The molecule has 2 atom stereocenters. The van der Waals surface area contributed by atoms with Gasteiger partial charge < -0.3 is 9.47 Å². The van der Waals surface area contributed by atoms with E-state index in [2.05, 4.69) is 4.98 Å². The number of pyridine rings is 1. The van der Waals surface area contributed by atoms with Gasteiger partial charge in [0.1, 0.15) is 23.2 Å². The standard InChI is InChI=1S/C24H20N2O5/c1-30-17-11-9-15(10-12-17)21-20(22(27)16-6-5-7-18(14-16)31-2)23(28)24(29)26(21)19-8-3-4-13-25-19/h3-14,20-21H,1-2H3. The van der Waals surface area contributed by atoms with Crippen LogP contribution in [0.5, 0.6) is 11.5 Å². The van der Waals surface area contributed by atoms with Crippen molar-refractivity contribution in [3.63, 3.8) is 0 Å². The van der Waals surface area contributed by atoms with E-state index in [0.29, 0.717) is 28.4 Å². The Morgan fingerprint density at radius 3 is 2.29 bits per heavy atom. The number of Topliss-reactive ketones (excluding diaryl/α,β-unsaturated/α-hetero) is 2. The van der Waals surface area contributed by atoms with E-state index in [9.17, 15) is 14.4 Å². The molecule has 1 saturated heterocycles. The summed E-state index contributed by atoms with van der Waals surface area (Å²) < 4.78 is 10.4. The Bertz CT molecular complexity index is 1130. The van der Waals surface area contributed by atoms with Crippen molar-refractivity contribution in [1.29, 1.82) is 0 Å². The number of ether oxygens (including phenoxy) is 2. The lowest BCUT2D eigenvalue weighted by Gasteiger charge is -2.26. The highest BCUT2D eigenvalue weighted by Gasteiger charge is 2.52. The van der Waals surface area contributed by atoms with Gasteiger partial charge in [-0.25, -0.2) is 4.98 Å². The van der Waals surface area contributed by atoms with Crippen LogP contribution in [0.1, 0.15) is 22.0 Å². The van der Waals surface area contributed by atoms with Crippen molar-refractivity contribution in [2.45, 2.75) is 6.04 Å². The second kappa shape index (κ2) is 8.39. The number of aromatic nitrogens is 1. The minimum atomic E-state index is -1.21. The maximum absolute atomic E-state index is 13.5. The monoisotopic (exact) mass is 416 g/mol. The number of methoxy groups -OCH3 is 2. The number of nitrogens with zero attached hydrogens (tertiary/aromatic N) is 2. The second-order valence-corrected chi connectivity index (χ2v) is 7.02. The first-order valence-corrected chi connectivity index (χ1v) is 9.66. The first kappa shape index (κ1) is 20.3. The van der Waals surface area contributed by atoms with Crippen molar-refractivity contribution in [2.75, 3.05) is 19.1 Å². The average molecular weight is 416 g/mol. The van der Waals surface area contributed by atoms with Gasteiger partial charge in [-0.15, -0.1) is 0 Å². The second-order valence-electron chi connectivity index (χ2n) is 7.02. The number of rotatable bonds is 6. The summed E-state index contributed by atoms with van der Waals surface area (Å²) in [6, 6.07) is 17.7. The topological polar surface area (TPSA) is 85.8 Å². The molecule has 0 spiro atoms. The molecule has 2 heterocycles. The van der Waals surface area contributed by atoms with Gasteiger partial charge in [0, 0.05) is 11.8 Å². The fourth-order valence-electron chi connectivity index (χ4n) is 3.77. The zero-order chi connectivity index (χ0) is 22.0. The molecular weight excluding hydrogens is 396 g/mol. The zero-order valence-corrected chi connectivity index (χ0v) is 17.0. The normalized spacial score (nSPS) is 18.2. The molecule has 0 N–H and O–H groups in total. The summed E-state index contributed by atoms with van der Waals surface area (Å²) in [4.78, 5) is 45.1. The Morgan fingerprint density at radius 1 is 0.903 bits per heavy atom. The lowest BCUT2D eigenvalue weighted by atomic mass is 9.86. The van der Waals surface area contributed by atoms with Crippen LogP contribution in [0.4, 0.5) is 5.82 Å². The summed E-state index contributed by atoms with van der Waals surface area (Å²) in [5, 5.41) is 0. The van der Waals surface area contributed by atoms with Crippen molar-refractivity contribution in [3.8, 4) is 11.5 Å². The van der Waals surface area contributed by atoms with Gasteiger partial charge in [-0.05, 0) is 42.0 Å². The quantitative estimate of drug-likeness (QED) is 0.348. The number of carbonyl (C=O) groups is 3. The Hall–Kier alpha value is -4.00. The molecule has 1 aromatic heterocycles. The molecule has 0 aliphatic carbocycles. The Labute approximate surface area is 179 Å². The number of hydrogen-bond acceptors (Lipinski definition) is 6. The molecule has 1 aliphatic rings. The molecule has 1 aliphatic heterocycles. The summed E-state index contributed by atoms with van der Waals surface area (Å²) in [6.07, 6.45) is 1.54. The fraction of sp³-hybridized carbons (Fsp3) is 0.167. The third kappa shape index (κ3) is 3.66. The third-order valence-electron chi connectivity index (χ3n) is 5.30. The van der Waals surface area contributed by atoms with Gasteiger partial charge in [0.25, 0.3) is 5.91 Å². The zero-order valence-electron chi connectivity index (χ0n) is 17.0.